The molecule has 0 spiro atoms. The van der Waals surface area contributed by atoms with E-state index in [1.165, 1.54) is 6.07 Å². The summed E-state index contributed by atoms with van der Waals surface area (Å²) in [6.45, 7) is 0. The summed E-state index contributed by atoms with van der Waals surface area (Å²) in [5, 5.41) is 16.4. The van der Waals surface area contributed by atoms with E-state index in [0.29, 0.717) is 28.2 Å². The van der Waals surface area contributed by atoms with Gasteiger partial charge in [0.2, 0.25) is 0 Å². The zero-order valence-electron chi connectivity index (χ0n) is 15.0. The number of amides is 1. The summed E-state index contributed by atoms with van der Waals surface area (Å²) in [6.07, 6.45) is 0. The summed E-state index contributed by atoms with van der Waals surface area (Å²) in [6, 6.07) is 12.0. The van der Waals surface area contributed by atoms with E-state index in [4.69, 9.17) is 11.0 Å². The molecule has 0 aliphatic heterocycles. The Morgan fingerprint density at radius 1 is 1.34 bits per heavy atom. The van der Waals surface area contributed by atoms with Crippen LogP contribution in [-0.4, -0.2) is 20.6 Å². The van der Waals surface area contributed by atoms with E-state index >= 15 is 0 Å². The van der Waals surface area contributed by atoms with Crippen molar-refractivity contribution in [2.45, 2.75) is 0 Å². The number of nitrogens with one attached hydrogen (secondary N) is 2. The van der Waals surface area contributed by atoms with E-state index in [-0.39, 0.29) is 5.82 Å². The number of fused-ring (bicyclic) bond motifs is 1. The van der Waals surface area contributed by atoms with E-state index in [2.05, 4.69) is 35.9 Å². The lowest BCUT2D eigenvalue weighted by Gasteiger charge is -2.11. The highest BCUT2D eigenvalue weighted by atomic mass is 79.9. The highest BCUT2D eigenvalue weighted by Gasteiger charge is 2.19. The number of anilines is 2. The van der Waals surface area contributed by atoms with Crippen molar-refractivity contribution in [3.05, 3.63) is 62.7 Å². The summed E-state index contributed by atoms with van der Waals surface area (Å²) in [5.74, 6) is -1.03. The average Bonchev–Trinajstić information content (AvgIpc) is 3.28. The van der Waals surface area contributed by atoms with Crippen LogP contribution in [0.25, 0.3) is 22.3 Å². The van der Waals surface area contributed by atoms with Crippen LogP contribution in [-0.2, 0) is 7.05 Å². The molecule has 29 heavy (non-hydrogen) atoms. The summed E-state index contributed by atoms with van der Waals surface area (Å²) >= 11 is 3.39. The zero-order valence-corrected chi connectivity index (χ0v) is 16.6. The van der Waals surface area contributed by atoms with Crippen molar-refractivity contribution in [1.29, 1.82) is 5.26 Å². The first-order valence-electron chi connectivity index (χ1n) is 8.34. The predicted octanol–water partition coefficient (Wildman–Crippen LogP) is 2.99. The van der Waals surface area contributed by atoms with Crippen molar-refractivity contribution < 1.29 is 9.32 Å². The van der Waals surface area contributed by atoms with Crippen LogP contribution in [0.2, 0.25) is 0 Å². The lowest BCUT2D eigenvalue weighted by molar-refractivity contribution is 0.102. The molecule has 0 saturated heterocycles. The minimum absolute atomic E-state index is 0.104. The van der Waals surface area contributed by atoms with Crippen molar-refractivity contribution in [2.24, 2.45) is 7.05 Å². The average molecular weight is 453 g/mol. The van der Waals surface area contributed by atoms with Crippen LogP contribution in [0.5, 0.6) is 0 Å². The first kappa shape index (κ1) is 18.5. The Labute approximate surface area is 171 Å². The number of benzene rings is 2. The largest absolute Gasteiger partial charge is 0.439 e. The maximum atomic E-state index is 13.0. The molecule has 0 aliphatic carbocycles. The molecule has 10 heteroatoms. The Balaban J connectivity index is 1.77. The standard InChI is InChI=1S/C19H13BrN6O3/c1-26-14(7-10-3-4-12(20)15(22)16(10)26)18(27)23-13-5-2-9(8-21)6-11(13)17-24-19(28)29-25-17/h2-7H,22H2,1H3,(H,23,27)(H,24,25,28). The molecule has 144 valence electrons. The third kappa shape index (κ3) is 3.17. The number of rotatable bonds is 3. The second-order valence-corrected chi connectivity index (χ2v) is 7.11. The second kappa shape index (κ2) is 6.96. The number of hydrogen-bond donors (Lipinski definition) is 3. The van der Waals surface area contributed by atoms with Crippen LogP contribution < -0.4 is 16.8 Å². The molecule has 4 aromatic rings. The van der Waals surface area contributed by atoms with E-state index in [9.17, 15) is 9.59 Å². The van der Waals surface area contributed by atoms with Gasteiger partial charge in [0.15, 0.2) is 5.82 Å². The number of nitriles is 1. The smallest absolute Gasteiger partial charge is 0.396 e. The lowest BCUT2D eigenvalue weighted by Crippen LogP contribution is -2.16. The van der Waals surface area contributed by atoms with Crippen LogP contribution in [0.4, 0.5) is 11.4 Å². The molecule has 2 heterocycles. The second-order valence-electron chi connectivity index (χ2n) is 6.26. The number of halogens is 1. The molecule has 4 rings (SSSR count). The molecule has 0 aliphatic rings. The van der Waals surface area contributed by atoms with Crippen LogP contribution >= 0.6 is 15.9 Å². The molecule has 2 aromatic heterocycles. The number of carbonyl (C=O) groups excluding carboxylic acids is 1. The van der Waals surface area contributed by atoms with Gasteiger partial charge in [0, 0.05) is 22.5 Å². The molecular weight excluding hydrogens is 440 g/mol. The highest BCUT2D eigenvalue weighted by molar-refractivity contribution is 9.10. The minimum Gasteiger partial charge on any atom is -0.396 e. The number of aromatic amines is 1. The van der Waals surface area contributed by atoms with Crippen molar-refractivity contribution in [3.8, 4) is 17.5 Å². The van der Waals surface area contributed by atoms with Gasteiger partial charge >= 0.3 is 5.76 Å². The van der Waals surface area contributed by atoms with E-state index in [1.807, 2.05) is 18.2 Å². The van der Waals surface area contributed by atoms with Gasteiger partial charge < -0.3 is 15.6 Å². The third-order valence-electron chi connectivity index (χ3n) is 4.51. The van der Waals surface area contributed by atoms with Gasteiger partial charge in [-0.1, -0.05) is 11.2 Å². The maximum Gasteiger partial charge on any atom is 0.439 e. The molecule has 9 nitrogen and oxygen atoms in total. The number of H-pyrrole nitrogens is 1. The predicted molar refractivity (Wildman–Crippen MR) is 110 cm³/mol. The molecule has 0 saturated carbocycles. The third-order valence-corrected chi connectivity index (χ3v) is 5.20. The Bertz CT molecular complexity index is 1380. The van der Waals surface area contributed by atoms with Crippen molar-refractivity contribution in [2.75, 3.05) is 11.1 Å². The van der Waals surface area contributed by atoms with Crippen molar-refractivity contribution in [3.63, 3.8) is 0 Å². The normalized spacial score (nSPS) is 10.8. The first-order valence-corrected chi connectivity index (χ1v) is 9.13. The zero-order chi connectivity index (χ0) is 20.7. The number of carbonyl (C=O) groups is 1. The Kier molecular flexibility index (Phi) is 4.44. The summed E-state index contributed by atoms with van der Waals surface area (Å²) in [4.78, 5) is 26.7. The Hall–Kier alpha value is -3.84. The molecule has 0 radical (unpaired) electrons. The molecule has 0 atom stereocenters. The Morgan fingerprint density at radius 2 is 2.14 bits per heavy atom. The van der Waals surface area contributed by atoms with E-state index in [1.54, 1.807) is 29.8 Å². The molecule has 2 aromatic carbocycles. The number of hydrogen-bond acceptors (Lipinski definition) is 6. The quantitative estimate of drug-likeness (QED) is 0.407. The van der Waals surface area contributed by atoms with Gasteiger partial charge in [-0.05, 0) is 46.3 Å². The number of aryl methyl sites for hydroxylation is 1. The van der Waals surface area contributed by atoms with Gasteiger partial charge in [-0.3, -0.25) is 14.3 Å². The summed E-state index contributed by atoms with van der Waals surface area (Å²) < 4.78 is 6.98. The van der Waals surface area contributed by atoms with E-state index in [0.717, 1.165) is 15.4 Å². The van der Waals surface area contributed by atoms with Crippen LogP contribution in [0.15, 0.2) is 50.2 Å². The fourth-order valence-corrected chi connectivity index (χ4v) is 3.44. The van der Waals surface area contributed by atoms with Crippen LogP contribution in [0.3, 0.4) is 0 Å². The van der Waals surface area contributed by atoms with Gasteiger partial charge in [-0.2, -0.15) is 5.26 Å². The van der Waals surface area contributed by atoms with Gasteiger partial charge in [-0.25, -0.2) is 4.79 Å². The van der Waals surface area contributed by atoms with Gasteiger partial charge in [0.05, 0.1) is 28.5 Å². The molecule has 1 amide bonds. The number of nitrogen functional groups attached to an aromatic ring is 1. The van der Waals surface area contributed by atoms with Gasteiger partial charge in [-0.15, -0.1) is 0 Å². The minimum atomic E-state index is -0.741. The topological polar surface area (TPSA) is 143 Å². The summed E-state index contributed by atoms with van der Waals surface area (Å²) in [5.41, 5.74) is 8.83. The Morgan fingerprint density at radius 3 is 2.83 bits per heavy atom. The number of aromatic nitrogens is 3. The number of nitrogens with zero attached hydrogens (tertiary/aromatic N) is 3. The van der Waals surface area contributed by atoms with E-state index < -0.39 is 11.7 Å². The number of nitrogens with two attached hydrogens (primary N) is 1. The fourth-order valence-electron chi connectivity index (χ4n) is 3.12. The first-order chi connectivity index (χ1) is 13.9. The molecule has 4 N–H and O–H groups in total. The molecular formula is C19H13BrN6O3. The van der Waals surface area contributed by atoms with Crippen LogP contribution in [0, 0.1) is 11.3 Å². The molecule has 0 unspecified atom stereocenters. The summed E-state index contributed by atoms with van der Waals surface area (Å²) in [7, 11) is 1.74. The van der Waals surface area contributed by atoms with Crippen LogP contribution in [0.1, 0.15) is 16.1 Å². The fraction of sp³-hybridized carbons (Fsp3) is 0.0526. The lowest BCUT2D eigenvalue weighted by atomic mass is 10.1. The van der Waals surface area contributed by atoms with Crippen molar-refractivity contribution in [1.82, 2.24) is 14.7 Å². The SMILES string of the molecule is Cn1c(C(=O)Nc2ccc(C#N)cc2-c2noc(=O)[nH]2)cc2ccc(Br)c(N)c21. The monoisotopic (exact) mass is 452 g/mol. The maximum absolute atomic E-state index is 13.0. The molecule has 0 fully saturated rings. The van der Waals surface area contributed by atoms with Gasteiger partial charge in [0.1, 0.15) is 5.69 Å². The van der Waals surface area contributed by atoms with Gasteiger partial charge in [0.25, 0.3) is 5.91 Å². The highest BCUT2D eigenvalue weighted by Crippen LogP contribution is 2.32. The molecule has 0 bridgehead atoms. The van der Waals surface area contributed by atoms with Crippen molar-refractivity contribution >= 4 is 44.1 Å².